The second-order valence-corrected chi connectivity index (χ2v) is 11.3. The quantitative estimate of drug-likeness (QED) is 0.536. The van der Waals surface area contributed by atoms with Gasteiger partial charge in [-0.25, -0.2) is 17.9 Å². The van der Waals surface area contributed by atoms with E-state index in [4.69, 9.17) is 5.14 Å². The summed E-state index contributed by atoms with van der Waals surface area (Å²) in [6.45, 7) is 3.28. The van der Waals surface area contributed by atoms with Gasteiger partial charge in [0.15, 0.2) is 0 Å². The Kier molecular flexibility index (Phi) is 6.96. The molecule has 1 atom stereocenters. The number of Topliss-reactive ketones (excluding diaryl/α,β-unsaturated/α-hetero) is 1. The Morgan fingerprint density at radius 2 is 1.94 bits per heavy atom. The van der Waals surface area contributed by atoms with E-state index in [-0.39, 0.29) is 35.4 Å². The standard InChI is InChI=1S/C25H24FN3O3S2/c1-16-9-24-23(15-29(16)14-18-3-2-4-19(26)10-18)22(13-27)25(33-24)12-20(30)11-17-5-7-21(8-6-17)34(28,31)32/h2-8,10,16H,9,11-12,14-15H2,1H3,(H2,28,31,32). The Hall–Kier alpha value is -2.90. The first kappa shape index (κ1) is 24.2. The number of nitriles is 1. The summed E-state index contributed by atoms with van der Waals surface area (Å²) in [5, 5.41) is 15.0. The van der Waals surface area contributed by atoms with Gasteiger partial charge in [-0.05, 0) is 54.3 Å². The number of benzene rings is 2. The molecule has 0 radical (unpaired) electrons. The number of nitrogens with two attached hydrogens (primary N) is 1. The zero-order chi connectivity index (χ0) is 24.5. The van der Waals surface area contributed by atoms with E-state index in [1.807, 2.05) is 6.07 Å². The minimum atomic E-state index is -3.78. The fourth-order valence-corrected chi connectivity index (χ4v) is 6.19. The molecule has 1 aromatic heterocycles. The molecule has 9 heteroatoms. The number of carbonyl (C=O) groups excluding carboxylic acids is 1. The molecule has 0 aliphatic carbocycles. The lowest BCUT2D eigenvalue weighted by molar-refractivity contribution is -0.117. The van der Waals surface area contributed by atoms with E-state index >= 15 is 0 Å². The van der Waals surface area contributed by atoms with Crippen LogP contribution >= 0.6 is 11.3 Å². The largest absolute Gasteiger partial charge is 0.299 e. The number of hydrogen-bond acceptors (Lipinski definition) is 6. The number of thiophene rings is 1. The normalized spacial score (nSPS) is 16.1. The Labute approximate surface area is 202 Å². The molecule has 3 aromatic rings. The first-order chi connectivity index (χ1) is 16.1. The molecule has 0 saturated heterocycles. The highest BCUT2D eigenvalue weighted by Gasteiger charge is 2.29. The van der Waals surface area contributed by atoms with Crippen molar-refractivity contribution in [2.75, 3.05) is 0 Å². The lowest BCUT2D eigenvalue weighted by Gasteiger charge is -2.33. The van der Waals surface area contributed by atoms with Crippen molar-refractivity contribution in [1.82, 2.24) is 4.90 Å². The third-order valence-electron chi connectivity index (χ3n) is 6.03. The van der Waals surface area contributed by atoms with E-state index in [0.29, 0.717) is 24.2 Å². The van der Waals surface area contributed by atoms with Gasteiger partial charge >= 0.3 is 0 Å². The van der Waals surface area contributed by atoms with Crippen LogP contribution in [0.1, 0.15) is 38.9 Å². The molecule has 6 nitrogen and oxygen atoms in total. The molecule has 1 aliphatic rings. The second kappa shape index (κ2) is 9.76. The molecule has 34 heavy (non-hydrogen) atoms. The molecular weight excluding hydrogens is 473 g/mol. The number of carbonyl (C=O) groups is 1. The van der Waals surface area contributed by atoms with Crippen LogP contribution in [0.4, 0.5) is 4.39 Å². The third kappa shape index (κ3) is 5.42. The van der Waals surface area contributed by atoms with E-state index in [9.17, 15) is 22.9 Å². The topological polar surface area (TPSA) is 104 Å². The summed E-state index contributed by atoms with van der Waals surface area (Å²) in [5.74, 6) is -0.320. The van der Waals surface area contributed by atoms with Crippen molar-refractivity contribution in [2.24, 2.45) is 5.14 Å². The van der Waals surface area contributed by atoms with Crippen molar-refractivity contribution in [1.29, 1.82) is 5.26 Å². The molecular formula is C25H24FN3O3S2. The molecule has 4 rings (SSSR count). The predicted octanol–water partition coefficient (Wildman–Crippen LogP) is 3.71. The minimum Gasteiger partial charge on any atom is -0.299 e. The lowest BCUT2D eigenvalue weighted by Crippen LogP contribution is -2.37. The Morgan fingerprint density at radius 1 is 1.21 bits per heavy atom. The highest BCUT2D eigenvalue weighted by atomic mass is 32.2. The Bertz CT molecular complexity index is 1380. The van der Waals surface area contributed by atoms with Gasteiger partial charge < -0.3 is 0 Å². The van der Waals surface area contributed by atoms with Crippen LogP contribution in [0.25, 0.3) is 0 Å². The molecule has 2 aromatic carbocycles. The lowest BCUT2D eigenvalue weighted by atomic mass is 9.97. The van der Waals surface area contributed by atoms with E-state index < -0.39 is 10.0 Å². The van der Waals surface area contributed by atoms with Crippen LogP contribution in [0.5, 0.6) is 0 Å². The summed E-state index contributed by atoms with van der Waals surface area (Å²) in [5.41, 5.74) is 3.09. The summed E-state index contributed by atoms with van der Waals surface area (Å²) >= 11 is 1.52. The molecule has 2 N–H and O–H groups in total. The minimum absolute atomic E-state index is 0.00156. The van der Waals surface area contributed by atoms with Crippen molar-refractivity contribution >= 4 is 27.1 Å². The monoisotopic (exact) mass is 497 g/mol. The number of fused-ring (bicyclic) bond motifs is 1. The van der Waals surface area contributed by atoms with Gasteiger partial charge in [0.25, 0.3) is 0 Å². The van der Waals surface area contributed by atoms with E-state index in [2.05, 4.69) is 17.9 Å². The van der Waals surface area contributed by atoms with Gasteiger partial charge in [0, 0.05) is 41.7 Å². The average Bonchev–Trinajstić information content (AvgIpc) is 3.09. The third-order valence-corrected chi connectivity index (χ3v) is 8.21. The number of halogens is 1. The molecule has 0 amide bonds. The molecule has 1 aliphatic heterocycles. The highest BCUT2D eigenvalue weighted by molar-refractivity contribution is 7.89. The van der Waals surface area contributed by atoms with Crippen LogP contribution in [0.15, 0.2) is 53.4 Å². The molecule has 176 valence electrons. The van der Waals surface area contributed by atoms with E-state index in [0.717, 1.165) is 27.3 Å². The van der Waals surface area contributed by atoms with Crippen LogP contribution in [0.2, 0.25) is 0 Å². The van der Waals surface area contributed by atoms with Crippen LogP contribution in [0, 0.1) is 17.1 Å². The van der Waals surface area contributed by atoms with Crippen LogP contribution in [-0.4, -0.2) is 25.1 Å². The van der Waals surface area contributed by atoms with E-state index in [1.165, 1.54) is 35.6 Å². The van der Waals surface area contributed by atoms with Crippen LogP contribution in [-0.2, 0) is 47.2 Å². The molecule has 0 saturated carbocycles. The van der Waals surface area contributed by atoms with Gasteiger partial charge in [0.2, 0.25) is 10.0 Å². The van der Waals surface area contributed by atoms with Gasteiger partial charge in [-0.3, -0.25) is 9.69 Å². The van der Waals surface area contributed by atoms with Gasteiger partial charge in [-0.15, -0.1) is 11.3 Å². The predicted molar refractivity (Wildman–Crippen MR) is 128 cm³/mol. The molecule has 0 fully saturated rings. The number of primary sulfonamides is 1. The molecule has 2 heterocycles. The number of nitrogens with zero attached hydrogens (tertiary/aromatic N) is 2. The Balaban J connectivity index is 1.48. The average molecular weight is 498 g/mol. The molecule has 0 bridgehead atoms. The first-order valence-corrected chi connectivity index (χ1v) is 13.2. The summed E-state index contributed by atoms with van der Waals surface area (Å²) in [6, 6.07) is 15.0. The maximum atomic E-state index is 13.6. The molecule has 1 unspecified atom stereocenters. The van der Waals surface area contributed by atoms with Crippen LogP contribution in [0.3, 0.4) is 0 Å². The Morgan fingerprint density at radius 3 is 2.59 bits per heavy atom. The smallest absolute Gasteiger partial charge is 0.238 e. The van der Waals surface area contributed by atoms with Gasteiger partial charge in [-0.2, -0.15) is 5.26 Å². The van der Waals surface area contributed by atoms with Crippen molar-refractivity contribution in [3.8, 4) is 6.07 Å². The first-order valence-electron chi connectivity index (χ1n) is 10.8. The van der Waals surface area contributed by atoms with Gasteiger partial charge in [0.05, 0.1) is 10.5 Å². The second-order valence-electron chi connectivity index (χ2n) is 8.58. The molecule has 0 spiro atoms. The SMILES string of the molecule is CC1Cc2sc(CC(=O)Cc3ccc(S(N)(=O)=O)cc3)c(C#N)c2CN1Cc1cccc(F)c1. The fraction of sp³-hybridized carbons (Fsp3) is 0.280. The van der Waals surface area contributed by atoms with Crippen molar-refractivity contribution in [2.45, 2.75) is 50.2 Å². The highest BCUT2D eigenvalue weighted by Crippen LogP contribution is 2.36. The summed E-state index contributed by atoms with van der Waals surface area (Å²) < 4.78 is 36.4. The van der Waals surface area contributed by atoms with Crippen molar-refractivity contribution in [3.63, 3.8) is 0 Å². The number of hydrogen-bond donors (Lipinski definition) is 1. The maximum absolute atomic E-state index is 13.6. The maximum Gasteiger partial charge on any atom is 0.238 e. The van der Waals surface area contributed by atoms with Gasteiger partial charge in [-0.1, -0.05) is 24.3 Å². The zero-order valence-corrected chi connectivity index (χ0v) is 20.3. The fourth-order valence-electron chi connectivity index (χ4n) is 4.26. The van der Waals surface area contributed by atoms with Crippen molar-refractivity contribution < 1.29 is 17.6 Å². The van der Waals surface area contributed by atoms with Crippen molar-refractivity contribution in [3.05, 3.63) is 86.4 Å². The summed E-state index contributed by atoms with van der Waals surface area (Å²) in [6.07, 6.45) is 1.06. The van der Waals surface area contributed by atoms with E-state index in [1.54, 1.807) is 18.2 Å². The summed E-state index contributed by atoms with van der Waals surface area (Å²) in [4.78, 5) is 16.9. The number of sulfonamides is 1. The summed E-state index contributed by atoms with van der Waals surface area (Å²) in [7, 11) is -3.78. The zero-order valence-electron chi connectivity index (χ0n) is 18.6. The number of rotatable bonds is 7. The van der Waals surface area contributed by atoms with Gasteiger partial charge in [0.1, 0.15) is 17.7 Å². The number of ketones is 1. The van der Waals surface area contributed by atoms with Crippen LogP contribution < -0.4 is 5.14 Å².